The van der Waals surface area contributed by atoms with E-state index in [0.717, 1.165) is 23.3 Å². The molecule has 2 aromatic rings. The average molecular weight is 311 g/mol. The zero-order chi connectivity index (χ0) is 14.0. The minimum Gasteiger partial charge on any atom is -0.334 e. The number of piperidine rings is 1. The maximum absolute atomic E-state index is 12.4. The number of aromatic nitrogens is 1. The van der Waals surface area contributed by atoms with E-state index in [1.807, 2.05) is 24.3 Å². The van der Waals surface area contributed by atoms with Crippen molar-refractivity contribution in [3.63, 3.8) is 0 Å². The van der Waals surface area contributed by atoms with Crippen molar-refractivity contribution in [1.29, 1.82) is 0 Å². The van der Waals surface area contributed by atoms with Gasteiger partial charge < -0.3 is 4.90 Å². The Morgan fingerprint density at radius 3 is 2.65 bits per heavy atom. The van der Waals surface area contributed by atoms with E-state index in [9.17, 15) is 8.42 Å². The fourth-order valence-corrected chi connectivity index (χ4v) is 5.35. The van der Waals surface area contributed by atoms with Gasteiger partial charge in [0.05, 0.1) is 29.9 Å². The minimum absolute atomic E-state index is 0.210. The van der Waals surface area contributed by atoms with E-state index in [0.29, 0.717) is 6.54 Å². The standard InChI is InChI=1S/C14H18N2O2S2/c17-20(18,11-10-16-8-4-1-5-9-16)14-15-12-6-2-3-7-13(12)19-14/h2-3,6-7H,1,4-5,8-11H2/p+1. The molecule has 0 unspecified atom stereocenters. The van der Waals surface area contributed by atoms with Crippen molar-refractivity contribution in [3.8, 4) is 0 Å². The molecule has 1 aromatic carbocycles. The third-order valence-electron chi connectivity index (χ3n) is 3.83. The number of sulfone groups is 1. The molecule has 1 saturated heterocycles. The molecule has 6 heteroatoms. The second-order valence-corrected chi connectivity index (χ2v) is 8.64. The highest BCUT2D eigenvalue weighted by Gasteiger charge is 2.23. The largest absolute Gasteiger partial charge is 0.334 e. The summed E-state index contributed by atoms with van der Waals surface area (Å²) in [6.45, 7) is 2.92. The monoisotopic (exact) mass is 311 g/mol. The average Bonchev–Trinajstić information content (AvgIpc) is 2.91. The number of nitrogens with zero attached hydrogens (tertiary/aromatic N) is 1. The van der Waals surface area contributed by atoms with Gasteiger partial charge in [0, 0.05) is 0 Å². The van der Waals surface area contributed by atoms with E-state index < -0.39 is 9.84 Å². The van der Waals surface area contributed by atoms with E-state index in [-0.39, 0.29) is 10.1 Å². The van der Waals surface area contributed by atoms with E-state index in [2.05, 4.69) is 4.98 Å². The Bertz CT molecular complexity index is 655. The second-order valence-electron chi connectivity index (χ2n) is 5.33. The Morgan fingerprint density at radius 1 is 1.15 bits per heavy atom. The minimum atomic E-state index is -3.23. The van der Waals surface area contributed by atoms with Crippen molar-refractivity contribution in [2.24, 2.45) is 0 Å². The lowest BCUT2D eigenvalue weighted by atomic mass is 10.1. The number of thiazole rings is 1. The third kappa shape index (κ3) is 3.02. The number of quaternary nitrogens is 1. The van der Waals surface area contributed by atoms with Gasteiger partial charge in [0.2, 0.25) is 14.2 Å². The molecule has 1 aromatic heterocycles. The van der Waals surface area contributed by atoms with Crippen LogP contribution >= 0.6 is 11.3 Å². The third-order valence-corrected chi connectivity index (χ3v) is 7.03. The number of hydrogen-bond acceptors (Lipinski definition) is 4. The van der Waals surface area contributed by atoms with Crippen molar-refractivity contribution in [1.82, 2.24) is 4.98 Å². The second kappa shape index (κ2) is 5.79. The van der Waals surface area contributed by atoms with Crippen LogP contribution in [-0.4, -0.2) is 38.8 Å². The van der Waals surface area contributed by atoms with E-state index in [1.165, 1.54) is 35.5 Å². The van der Waals surface area contributed by atoms with E-state index in [4.69, 9.17) is 0 Å². The van der Waals surface area contributed by atoms with Crippen LogP contribution in [0.15, 0.2) is 28.6 Å². The van der Waals surface area contributed by atoms with Gasteiger partial charge in [-0.2, -0.15) is 0 Å². The predicted octanol–water partition coefficient (Wildman–Crippen LogP) is 1.14. The summed E-state index contributed by atoms with van der Waals surface area (Å²) in [4.78, 5) is 5.69. The van der Waals surface area contributed by atoms with Crippen LogP contribution in [0.5, 0.6) is 0 Å². The van der Waals surface area contributed by atoms with E-state index in [1.54, 1.807) is 0 Å². The normalized spacial score (nSPS) is 17.6. The van der Waals surface area contributed by atoms with Crippen molar-refractivity contribution in [3.05, 3.63) is 24.3 Å². The van der Waals surface area contributed by atoms with Gasteiger partial charge in [-0.25, -0.2) is 13.4 Å². The highest BCUT2D eigenvalue weighted by molar-refractivity contribution is 7.93. The SMILES string of the molecule is O=S(=O)(CC[NH+]1CCCCC1)c1nc2ccccc2s1. The molecule has 4 nitrogen and oxygen atoms in total. The van der Waals surface area contributed by atoms with Gasteiger partial charge in [0.15, 0.2) is 0 Å². The van der Waals surface area contributed by atoms with Crippen LogP contribution in [0.4, 0.5) is 0 Å². The summed E-state index contributed by atoms with van der Waals surface area (Å²) in [7, 11) is -3.23. The number of fused-ring (bicyclic) bond motifs is 1. The molecule has 108 valence electrons. The molecular formula is C14H19N2O2S2+. The Labute approximate surface area is 123 Å². The molecular weight excluding hydrogens is 292 g/mol. The van der Waals surface area contributed by atoms with Gasteiger partial charge in [0.25, 0.3) is 0 Å². The smallest absolute Gasteiger partial charge is 0.210 e. The van der Waals surface area contributed by atoms with Crippen LogP contribution in [0.1, 0.15) is 19.3 Å². The van der Waals surface area contributed by atoms with Crippen molar-refractivity contribution in [2.75, 3.05) is 25.4 Å². The number of rotatable bonds is 4. The van der Waals surface area contributed by atoms with E-state index >= 15 is 0 Å². The Morgan fingerprint density at radius 2 is 1.90 bits per heavy atom. The van der Waals surface area contributed by atoms with Gasteiger partial charge in [-0.1, -0.05) is 12.1 Å². The Kier molecular flexibility index (Phi) is 4.05. The van der Waals surface area contributed by atoms with Crippen LogP contribution in [0.3, 0.4) is 0 Å². The van der Waals surface area contributed by atoms with Crippen LogP contribution in [0.2, 0.25) is 0 Å². The molecule has 0 saturated carbocycles. The molecule has 0 atom stereocenters. The molecule has 0 aliphatic carbocycles. The number of benzene rings is 1. The van der Waals surface area contributed by atoms with Gasteiger partial charge in [-0.15, -0.1) is 11.3 Å². The first-order valence-electron chi connectivity index (χ1n) is 7.07. The fourth-order valence-electron chi connectivity index (χ4n) is 2.65. The Balaban J connectivity index is 1.73. The predicted molar refractivity (Wildman–Crippen MR) is 81.1 cm³/mol. The molecule has 2 heterocycles. The summed E-state index contributed by atoms with van der Waals surface area (Å²) in [5.74, 6) is 0.210. The van der Waals surface area contributed by atoms with Gasteiger partial charge in [0.1, 0.15) is 5.75 Å². The summed E-state index contributed by atoms with van der Waals surface area (Å²) < 4.78 is 26.0. The molecule has 1 aliphatic rings. The van der Waals surface area contributed by atoms with Crippen LogP contribution in [0.25, 0.3) is 10.2 Å². The maximum Gasteiger partial charge on any atom is 0.210 e. The lowest BCUT2D eigenvalue weighted by Crippen LogP contribution is -3.13. The quantitative estimate of drug-likeness (QED) is 0.921. The van der Waals surface area contributed by atoms with Gasteiger partial charge in [-0.05, 0) is 31.4 Å². The van der Waals surface area contributed by atoms with Crippen LogP contribution in [0, 0.1) is 0 Å². The first-order chi connectivity index (χ1) is 9.65. The molecule has 20 heavy (non-hydrogen) atoms. The molecule has 0 amide bonds. The Hall–Kier alpha value is -0.980. The van der Waals surface area contributed by atoms with Crippen LogP contribution in [-0.2, 0) is 9.84 Å². The molecule has 0 radical (unpaired) electrons. The zero-order valence-corrected chi connectivity index (χ0v) is 13.0. The molecule has 1 aliphatic heterocycles. The van der Waals surface area contributed by atoms with Crippen molar-refractivity contribution < 1.29 is 13.3 Å². The number of nitrogens with one attached hydrogen (secondary N) is 1. The summed E-state index contributed by atoms with van der Waals surface area (Å²) in [6.07, 6.45) is 3.72. The molecule has 0 bridgehead atoms. The summed E-state index contributed by atoms with van der Waals surface area (Å²) in [5, 5.41) is 0. The fraction of sp³-hybridized carbons (Fsp3) is 0.500. The highest BCUT2D eigenvalue weighted by atomic mass is 32.2. The van der Waals surface area contributed by atoms with Crippen molar-refractivity contribution in [2.45, 2.75) is 23.6 Å². The zero-order valence-electron chi connectivity index (χ0n) is 11.3. The van der Waals surface area contributed by atoms with Crippen LogP contribution < -0.4 is 4.90 Å². The summed E-state index contributed by atoms with van der Waals surface area (Å²) >= 11 is 1.28. The lowest BCUT2D eigenvalue weighted by Gasteiger charge is -2.23. The summed E-state index contributed by atoms with van der Waals surface area (Å²) in [5.41, 5.74) is 0.779. The molecule has 1 N–H and O–H groups in total. The number of hydrogen-bond donors (Lipinski definition) is 1. The molecule has 1 fully saturated rings. The van der Waals surface area contributed by atoms with Crippen molar-refractivity contribution >= 4 is 31.4 Å². The number of para-hydroxylation sites is 1. The van der Waals surface area contributed by atoms with Gasteiger partial charge >= 0.3 is 0 Å². The number of likely N-dealkylation sites (tertiary alicyclic amines) is 1. The topological polar surface area (TPSA) is 51.5 Å². The maximum atomic E-state index is 12.4. The highest BCUT2D eigenvalue weighted by Crippen LogP contribution is 2.25. The first-order valence-corrected chi connectivity index (χ1v) is 9.54. The first kappa shape index (κ1) is 14.0. The molecule has 3 rings (SSSR count). The summed E-state index contributed by atoms with van der Waals surface area (Å²) in [6, 6.07) is 7.58. The molecule has 0 spiro atoms. The lowest BCUT2D eigenvalue weighted by molar-refractivity contribution is -0.902. The van der Waals surface area contributed by atoms with Gasteiger partial charge in [-0.3, -0.25) is 0 Å².